The van der Waals surface area contributed by atoms with Gasteiger partial charge in [0.25, 0.3) is 5.91 Å². The third-order valence-corrected chi connectivity index (χ3v) is 2.39. The molecule has 0 aliphatic rings. The molecule has 0 fully saturated rings. The molecule has 0 saturated heterocycles. The molecule has 0 spiro atoms. The molecule has 0 aliphatic carbocycles. The van der Waals surface area contributed by atoms with E-state index in [1.165, 1.54) is 0 Å². The summed E-state index contributed by atoms with van der Waals surface area (Å²) in [6.45, 7) is 3.51. The molecule has 0 heterocycles. The predicted molar refractivity (Wildman–Crippen MR) is 70.8 cm³/mol. The molecule has 100 valence electrons. The van der Waals surface area contributed by atoms with E-state index in [2.05, 4.69) is 5.32 Å². The van der Waals surface area contributed by atoms with Crippen molar-refractivity contribution in [2.24, 2.45) is 0 Å². The number of hydrogen-bond donors (Lipinski definition) is 2. The lowest BCUT2D eigenvalue weighted by molar-refractivity contribution is 0.0945. The smallest absolute Gasteiger partial charge is 0.255 e. The molecule has 0 unspecified atom stereocenters. The van der Waals surface area contributed by atoms with Crippen LogP contribution in [0.15, 0.2) is 18.2 Å². The minimum Gasteiger partial charge on any atom is -0.491 e. The average molecular weight is 252 g/mol. The van der Waals surface area contributed by atoms with Crippen LogP contribution in [0, 0.1) is 0 Å². The number of rotatable bonds is 7. The summed E-state index contributed by atoms with van der Waals surface area (Å²) in [5, 5.41) is 2.81. The number of carbonyl (C=O) groups is 1. The standard InChI is InChI=1S/C13H20N2O3/c1-3-18-12-10(6-4-7-11(12)14)13(16)15-8-5-9-17-2/h4,6-7H,3,5,8-9,14H2,1-2H3,(H,15,16). The Morgan fingerprint density at radius 2 is 2.22 bits per heavy atom. The van der Waals surface area contributed by atoms with Crippen molar-refractivity contribution in [1.29, 1.82) is 0 Å². The number of nitrogens with one attached hydrogen (secondary N) is 1. The van der Waals surface area contributed by atoms with Crippen molar-refractivity contribution in [3.05, 3.63) is 23.8 Å². The summed E-state index contributed by atoms with van der Waals surface area (Å²) in [5.74, 6) is 0.270. The second-order valence-electron chi connectivity index (χ2n) is 3.76. The predicted octanol–water partition coefficient (Wildman–Crippen LogP) is 1.43. The number of hydrogen-bond acceptors (Lipinski definition) is 4. The van der Waals surface area contributed by atoms with Crippen molar-refractivity contribution in [3.63, 3.8) is 0 Å². The number of para-hydroxylation sites is 1. The molecule has 18 heavy (non-hydrogen) atoms. The number of carbonyl (C=O) groups excluding carboxylic acids is 1. The first kappa shape index (κ1) is 14.3. The Balaban J connectivity index is 2.69. The Hall–Kier alpha value is -1.75. The molecule has 0 aromatic heterocycles. The van der Waals surface area contributed by atoms with Crippen LogP contribution >= 0.6 is 0 Å². The summed E-state index contributed by atoms with van der Waals surface area (Å²) < 4.78 is 10.3. The molecule has 5 heteroatoms. The van der Waals surface area contributed by atoms with E-state index in [0.29, 0.717) is 36.8 Å². The van der Waals surface area contributed by atoms with Crippen LogP contribution < -0.4 is 15.8 Å². The van der Waals surface area contributed by atoms with Crippen LogP contribution in [-0.2, 0) is 4.74 Å². The molecule has 1 aromatic rings. The number of methoxy groups -OCH3 is 1. The monoisotopic (exact) mass is 252 g/mol. The highest BCUT2D eigenvalue weighted by atomic mass is 16.5. The van der Waals surface area contributed by atoms with Crippen LogP contribution in [0.4, 0.5) is 5.69 Å². The minimum absolute atomic E-state index is 0.179. The van der Waals surface area contributed by atoms with Crippen LogP contribution in [-0.4, -0.2) is 32.8 Å². The highest BCUT2D eigenvalue weighted by molar-refractivity contribution is 5.98. The van der Waals surface area contributed by atoms with Crippen molar-refractivity contribution in [1.82, 2.24) is 5.32 Å². The molecule has 1 amide bonds. The number of benzene rings is 1. The van der Waals surface area contributed by atoms with E-state index in [9.17, 15) is 4.79 Å². The Morgan fingerprint density at radius 1 is 1.44 bits per heavy atom. The van der Waals surface area contributed by atoms with E-state index in [1.807, 2.05) is 6.92 Å². The average Bonchev–Trinajstić information content (AvgIpc) is 2.37. The van der Waals surface area contributed by atoms with Crippen molar-refractivity contribution < 1.29 is 14.3 Å². The molecule has 1 aromatic carbocycles. The normalized spacial score (nSPS) is 10.1. The summed E-state index contributed by atoms with van der Waals surface area (Å²) in [7, 11) is 1.63. The largest absolute Gasteiger partial charge is 0.491 e. The fourth-order valence-electron chi connectivity index (χ4n) is 1.55. The molecular formula is C13H20N2O3. The fourth-order valence-corrected chi connectivity index (χ4v) is 1.55. The van der Waals surface area contributed by atoms with Gasteiger partial charge in [-0.25, -0.2) is 0 Å². The van der Waals surface area contributed by atoms with E-state index in [-0.39, 0.29) is 5.91 Å². The summed E-state index contributed by atoms with van der Waals surface area (Å²) in [4.78, 5) is 12.0. The van der Waals surface area contributed by atoms with Gasteiger partial charge in [0.05, 0.1) is 17.9 Å². The third-order valence-electron chi connectivity index (χ3n) is 2.39. The number of anilines is 1. The van der Waals surface area contributed by atoms with Crippen molar-refractivity contribution in [3.8, 4) is 5.75 Å². The Bertz CT molecular complexity index is 394. The molecule has 0 atom stereocenters. The number of ether oxygens (including phenoxy) is 2. The summed E-state index contributed by atoms with van der Waals surface area (Å²) >= 11 is 0. The van der Waals surface area contributed by atoms with Gasteiger partial charge in [-0.1, -0.05) is 6.07 Å². The maximum Gasteiger partial charge on any atom is 0.255 e. The SMILES string of the molecule is CCOc1c(N)cccc1C(=O)NCCCOC. The topological polar surface area (TPSA) is 73.6 Å². The van der Waals surface area contributed by atoms with E-state index in [4.69, 9.17) is 15.2 Å². The van der Waals surface area contributed by atoms with Gasteiger partial charge in [0.15, 0.2) is 5.75 Å². The maximum atomic E-state index is 12.0. The van der Waals surface area contributed by atoms with Gasteiger partial charge < -0.3 is 20.5 Å². The van der Waals surface area contributed by atoms with Gasteiger partial charge in [0, 0.05) is 20.3 Å². The Kier molecular flexibility index (Phi) is 6.00. The Labute approximate surface area is 107 Å². The zero-order valence-electron chi connectivity index (χ0n) is 10.9. The molecule has 0 bridgehead atoms. The molecule has 1 rings (SSSR count). The molecule has 0 aliphatic heterocycles. The zero-order chi connectivity index (χ0) is 13.4. The maximum absolute atomic E-state index is 12.0. The second-order valence-corrected chi connectivity index (χ2v) is 3.76. The van der Waals surface area contributed by atoms with Crippen molar-refractivity contribution >= 4 is 11.6 Å². The second kappa shape index (κ2) is 7.55. The van der Waals surface area contributed by atoms with Gasteiger partial charge in [-0.2, -0.15) is 0 Å². The molecular weight excluding hydrogens is 232 g/mol. The van der Waals surface area contributed by atoms with Gasteiger partial charge in [-0.05, 0) is 25.5 Å². The lowest BCUT2D eigenvalue weighted by atomic mass is 10.1. The van der Waals surface area contributed by atoms with E-state index >= 15 is 0 Å². The molecule has 3 N–H and O–H groups in total. The van der Waals surface area contributed by atoms with Gasteiger partial charge >= 0.3 is 0 Å². The number of amides is 1. The lowest BCUT2D eigenvalue weighted by Crippen LogP contribution is -2.26. The highest BCUT2D eigenvalue weighted by Gasteiger charge is 2.14. The third kappa shape index (κ3) is 3.92. The van der Waals surface area contributed by atoms with Gasteiger partial charge in [0.1, 0.15) is 0 Å². The van der Waals surface area contributed by atoms with E-state index in [0.717, 1.165) is 6.42 Å². The van der Waals surface area contributed by atoms with Crippen LogP contribution in [0.2, 0.25) is 0 Å². The molecule has 5 nitrogen and oxygen atoms in total. The summed E-state index contributed by atoms with van der Waals surface area (Å²) in [6, 6.07) is 5.15. The van der Waals surface area contributed by atoms with Gasteiger partial charge in [0.2, 0.25) is 0 Å². The molecule has 0 radical (unpaired) electrons. The summed E-state index contributed by atoms with van der Waals surface area (Å²) in [6.07, 6.45) is 0.772. The minimum atomic E-state index is -0.179. The van der Waals surface area contributed by atoms with Crippen LogP contribution in [0.5, 0.6) is 5.75 Å². The van der Waals surface area contributed by atoms with Crippen LogP contribution in [0.25, 0.3) is 0 Å². The number of nitrogen functional groups attached to an aromatic ring is 1. The summed E-state index contributed by atoms with van der Waals surface area (Å²) in [5.41, 5.74) is 6.74. The van der Waals surface area contributed by atoms with Gasteiger partial charge in [-0.3, -0.25) is 4.79 Å². The Morgan fingerprint density at radius 3 is 2.89 bits per heavy atom. The highest BCUT2D eigenvalue weighted by Crippen LogP contribution is 2.26. The van der Waals surface area contributed by atoms with Crippen molar-refractivity contribution in [2.45, 2.75) is 13.3 Å². The first-order chi connectivity index (χ1) is 8.70. The number of nitrogens with two attached hydrogens (primary N) is 1. The first-order valence-corrected chi connectivity index (χ1v) is 5.99. The first-order valence-electron chi connectivity index (χ1n) is 5.99. The van der Waals surface area contributed by atoms with Crippen LogP contribution in [0.3, 0.4) is 0 Å². The van der Waals surface area contributed by atoms with Crippen molar-refractivity contribution in [2.75, 3.05) is 32.6 Å². The van der Waals surface area contributed by atoms with E-state index in [1.54, 1.807) is 25.3 Å². The quantitative estimate of drug-likeness (QED) is 0.569. The fraction of sp³-hybridized carbons (Fsp3) is 0.462. The van der Waals surface area contributed by atoms with Crippen LogP contribution in [0.1, 0.15) is 23.7 Å². The lowest BCUT2D eigenvalue weighted by Gasteiger charge is -2.12. The molecule has 0 saturated carbocycles. The van der Waals surface area contributed by atoms with Gasteiger partial charge in [-0.15, -0.1) is 0 Å². The van der Waals surface area contributed by atoms with E-state index < -0.39 is 0 Å². The zero-order valence-corrected chi connectivity index (χ0v) is 10.9.